The van der Waals surface area contributed by atoms with Crippen LogP contribution >= 0.6 is 0 Å². The normalized spacial score (nSPS) is 31.7. The molecule has 0 saturated heterocycles. The minimum Gasteiger partial charge on any atom is -0.393 e. The van der Waals surface area contributed by atoms with Crippen molar-refractivity contribution >= 4 is 0 Å². The van der Waals surface area contributed by atoms with Gasteiger partial charge in [-0.1, -0.05) is 25.5 Å². The van der Waals surface area contributed by atoms with Gasteiger partial charge in [0.05, 0.1) is 6.10 Å². The fourth-order valence-corrected chi connectivity index (χ4v) is 2.53. The van der Waals surface area contributed by atoms with Gasteiger partial charge in [-0.3, -0.25) is 0 Å². The summed E-state index contributed by atoms with van der Waals surface area (Å²) < 4.78 is 0. The molecule has 0 amide bonds. The maximum atomic E-state index is 9.95. The van der Waals surface area contributed by atoms with Crippen molar-refractivity contribution in [2.75, 3.05) is 0 Å². The molecule has 0 bridgehead atoms. The molecule has 15 heavy (non-hydrogen) atoms. The fraction of sp³-hybridized carbons (Fsp3) is 0.857. The quantitative estimate of drug-likeness (QED) is 0.703. The van der Waals surface area contributed by atoms with E-state index in [4.69, 9.17) is 0 Å². The molecule has 0 spiro atoms. The maximum absolute atomic E-state index is 9.95. The molecular weight excluding hydrogens is 184 g/mol. The van der Waals surface area contributed by atoms with Crippen molar-refractivity contribution in [2.24, 2.45) is 17.8 Å². The van der Waals surface area contributed by atoms with Crippen molar-refractivity contribution in [3.05, 3.63) is 11.6 Å². The first-order valence-corrected chi connectivity index (χ1v) is 6.32. The zero-order valence-electron chi connectivity index (χ0n) is 10.7. The Morgan fingerprint density at radius 1 is 1.33 bits per heavy atom. The second kappa shape index (κ2) is 5.69. The monoisotopic (exact) mass is 210 g/mol. The third-order valence-corrected chi connectivity index (χ3v) is 3.75. The minimum absolute atomic E-state index is 0.0596. The van der Waals surface area contributed by atoms with Gasteiger partial charge in [0.1, 0.15) is 0 Å². The Morgan fingerprint density at radius 3 is 2.53 bits per heavy atom. The lowest BCUT2D eigenvalue weighted by Gasteiger charge is -2.35. The Bertz CT molecular complexity index is 213. The molecule has 1 fully saturated rings. The number of rotatable bonds is 3. The average molecular weight is 210 g/mol. The highest BCUT2D eigenvalue weighted by Crippen LogP contribution is 2.35. The highest BCUT2D eigenvalue weighted by molar-refractivity contribution is 4.96. The van der Waals surface area contributed by atoms with Crippen LogP contribution in [-0.4, -0.2) is 11.2 Å². The van der Waals surface area contributed by atoms with E-state index in [9.17, 15) is 5.11 Å². The molecule has 1 N–H and O–H groups in total. The van der Waals surface area contributed by atoms with Crippen molar-refractivity contribution in [2.45, 2.75) is 59.5 Å². The molecule has 1 rings (SSSR count). The summed E-state index contributed by atoms with van der Waals surface area (Å²) in [5, 5.41) is 9.95. The number of aliphatic hydroxyl groups is 1. The molecule has 0 aromatic carbocycles. The molecular formula is C14H26O. The molecule has 1 aliphatic rings. The summed E-state index contributed by atoms with van der Waals surface area (Å²) in [6.07, 6.45) is 6.70. The molecule has 0 radical (unpaired) electrons. The van der Waals surface area contributed by atoms with E-state index in [0.29, 0.717) is 5.92 Å². The van der Waals surface area contributed by atoms with Gasteiger partial charge in [0.15, 0.2) is 0 Å². The van der Waals surface area contributed by atoms with Crippen LogP contribution in [0.1, 0.15) is 53.4 Å². The van der Waals surface area contributed by atoms with E-state index < -0.39 is 0 Å². The van der Waals surface area contributed by atoms with Crippen molar-refractivity contribution in [3.63, 3.8) is 0 Å². The minimum atomic E-state index is -0.0596. The van der Waals surface area contributed by atoms with Crippen LogP contribution in [0.4, 0.5) is 0 Å². The molecule has 88 valence electrons. The topological polar surface area (TPSA) is 20.2 Å². The second-order valence-electron chi connectivity index (χ2n) is 5.66. The van der Waals surface area contributed by atoms with Gasteiger partial charge in [-0.05, 0) is 57.3 Å². The van der Waals surface area contributed by atoms with Crippen molar-refractivity contribution in [1.82, 2.24) is 0 Å². The lowest BCUT2D eigenvalue weighted by molar-refractivity contribution is 0.0390. The van der Waals surface area contributed by atoms with E-state index in [2.05, 4.69) is 33.8 Å². The van der Waals surface area contributed by atoms with Crippen LogP contribution < -0.4 is 0 Å². The van der Waals surface area contributed by atoms with Crippen molar-refractivity contribution < 1.29 is 5.11 Å². The highest BCUT2D eigenvalue weighted by atomic mass is 16.3. The van der Waals surface area contributed by atoms with Gasteiger partial charge in [0.25, 0.3) is 0 Å². The molecule has 0 aromatic rings. The van der Waals surface area contributed by atoms with Crippen LogP contribution in [0.15, 0.2) is 11.6 Å². The van der Waals surface area contributed by atoms with E-state index in [1.807, 2.05) is 0 Å². The van der Waals surface area contributed by atoms with Gasteiger partial charge in [0, 0.05) is 0 Å². The Hall–Kier alpha value is -0.300. The lowest BCUT2D eigenvalue weighted by Crippen LogP contribution is -2.30. The molecule has 0 aliphatic heterocycles. The number of hydrogen-bond acceptors (Lipinski definition) is 1. The summed E-state index contributed by atoms with van der Waals surface area (Å²) in [5.41, 5.74) is 1.37. The van der Waals surface area contributed by atoms with Crippen LogP contribution in [-0.2, 0) is 0 Å². The highest BCUT2D eigenvalue weighted by Gasteiger charge is 2.29. The second-order valence-corrected chi connectivity index (χ2v) is 5.66. The van der Waals surface area contributed by atoms with Gasteiger partial charge < -0.3 is 5.11 Å². The summed E-state index contributed by atoms with van der Waals surface area (Å²) in [6, 6.07) is 0. The third-order valence-electron chi connectivity index (χ3n) is 3.75. The molecule has 0 aromatic heterocycles. The number of hydrogen-bond donors (Lipinski definition) is 1. The van der Waals surface area contributed by atoms with Gasteiger partial charge >= 0.3 is 0 Å². The fourth-order valence-electron chi connectivity index (χ4n) is 2.53. The molecule has 1 heteroatoms. The van der Waals surface area contributed by atoms with Gasteiger partial charge in [-0.25, -0.2) is 0 Å². The number of allylic oxidation sites excluding steroid dienone is 2. The largest absolute Gasteiger partial charge is 0.393 e. The Kier molecular flexibility index (Phi) is 4.85. The van der Waals surface area contributed by atoms with Crippen LogP contribution in [0.5, 0.6) is 0 Å². The molecule has 1 nitrogen and oxygen atoms in total. The van der Waals surface area contributed by atoms with Crippen LogP contribution in [0.3, 0.4) is 0 Å². The third kappa shape index (κ3) is 3.98. The number of aliphatic hydroxyl groups excluding tert-OH is 1. The van der Waals surface area contributed by atoms with Crippen molar-refractivity contribution in [1.29, 1.82) is 0 Å². The van der Waals surface area contributed by atoms with Gasteiger partial charge in [-0.15, -0.1) is 0 Å². The molecule has 0 heterocycles. The lowest BCUT2D eigenvalue weighted by atomic mass is 9.73. The SMILES string of the molecule is CC(C)=CCC1CC(C(C)C)CCC1O. The van der Waals surface area contributed by atoms with Gasteiger partial charge in [0.2, 0.25) is 0 Å². The summed E-state index contributed by atoms with van der Waals surface area (Å²) in [6.45, 7) is 8.88. The summed E-state index contributed by atoms with van der Waals surface area (Å²) >= 11 is 0. The smallest absolute Gasteiger partial charge is 0.0571 e. The summed E-state index contributed by atoms with van der Waals surface area (Å²) in [5.74, 6) is 2.09. The van der Waals surface area contributed by atoms with E-state index in [0.717, 1.165) is 24.7 Å². The van der Waals surface area contributed by atoms with Crippen LogP contribution in [0, 0.1) is 17.8 Å². The zero-order chi connectivity index (χ0) is 11.4. The standard InChI is InChI=1S/C14H26O/c1-10(2)5-6-13-9-12(11(3)4)7-8-14(13)15/h5,11-15H,6-9H2,1-4H3. The van der Waals surface area contributed by atoms with Crippen LogP contribution in [0.2, 0.25) is 0 Å². The Morgan fingerprint density at radius 2 is 2.00 bits per heavy atom. The zero-order valence-corrected chi connectivity index (χ0v) is 10.7. The molecule has 1 saturated carbocycles. The van der Waals surface area contributed by atoms with E-state index in [1.165, 1.54) is 18.4 Å². The van der Waals surface area contributed by atoms with E-state index >= 15 is 0 Å². The Labute approximate surface area is 94.6 Å². The molecule has 1 aliphatic carbocycles. The predicted octanol–water partition coefficient (Wildman–Crippen LogP) is 3.78. The molecule has 3 unspecified atom stereocenters. The van der Waals surface area contributed by atoms with E-state index in [1.54, 1.807) is 0 Å². The first-order valence-electron chi connectivity index (χ1n) is 6.32. The summed E-state index contributed by atoms with van der Waals surface area (Å²) in [7, 11) is 0. The predicted molar refractivity (Wildman–Crippen MR) is 65.7 cm³/mol. The van der Waals surface area contributed by atoms with Gasteiger partial charge in [-0.2, -0.15) is 0 Å². The van der Waals surface area contributed by atoms with Crippen molar-refractivity contribution in [3.8, 4) is 0 Å². The van der Waals surface area contributed by atoms with Crippen LogP contribution in [0.25, 0.3) is 0 Å². The maximum Gasteiger partial charge on any atom is 0.0571 e. The first-order chi connectivity index (χ1) is 7.00. The molecule has 3 atom stereocenters. The Balaban J connectivity index is 2.50. The van der Waals surface area contributed by atoms with E-state index in [-0.39, 0.29) is 6.10 Å². The first kappa shape index (κ1) is 12.8. The summed E-state index contributed by atoms with van der Waals surface area (Å²) in [4.78, 5) is 0. The average Bonchev–Trinajstić information content (AvgIpc) is 2.16.